The molecule has 2 N–H and O–H groups in total. The number of pyridine rings is 2. The number of nitrogens with two attached hydrogens (primary N) is 1. The van der Waals surface area contributed by atoms with Crippen LogP contribution in [0.3, 0.4) is 0 Å². The summed E-state index contributed by atoms with van der Waals surface area (Å²) < 4.78 is 20.6. The molecule has 1 aliphatic rings. The van der Waals surface area contributed by atoms with Gasteiger partial charge in [-0.3, -0.25) is 4.79 Å². The maximum atomic E-state index is 14.2. The van der Waals surface area contributed by atoms with Crippen molar-refractivity contribution in [3.63, 3.8) is 0 Å². The van der Waals surface area contributed by atoms with Crippen molar-refractivity contribution in [2.24, 2.45) is 0 Å². The van der Waals surface area contributed by atoms with Crippen LogP contribution >= 0.6 is 0 Å². The molecule has 8 nitrogen and oxygen atoms in total. The second-order valence-corrected chi connectivity index (χ2v) is 6.46. The highest BCUT2D eigenvalue weighted by Gasteiger charge is 2.22. The van der Waals surface area contributed by atoms with Crippen LogP contribution in [0.1, 0.15) is 18.5 Å². The first-order valence-electron chi connectivity index (χ1n) is 8.64. The monoisotopic (exact) mass is 370 g/mol. The van der Waals surface area contributed by atoms with Crippen LogP contribution in [0.4, 0.5) is 10.3 Å². The topological polar surface area (TPSA) is 99.2 Å². The summed E-state index contributed by atoms with van der Waals surface area (Å²) in [6, 6.07) is 2.91. The van der Waals surface area contributed by atoms with Crippen molar-refractivity contribution in [3.8, 4) is 17.0 Å². The van der Waals surface area contributed by atoms with Gasteiger partial charge in [0.05, 0.1) is 18.4 Å². The van der Waals surface area contributed by atoms with E-state index >= 15 is 0 Å². The average molecular weight is 370 g/mol. The summed E-state index contributed by atoms with van der Waals surface area (Å²) in [6.45, 7) is 3.27. The van der Waals surface area contributed by atoms with Crippen LogP contribution in [0, 0.1) is 12.7 Å². The third-order valence-corrected chi connectivity index (χ3v) is 4.72. The van der Waals surface area contributed by atoms with Crippen LogP contribution in [0.25, 0.3) is 22.2 Å². The Hall–Kier alpha value is -3.23. The van der Waals surface area contributed by atoms with Gasteiger partial charge in [0.25, 0.3) is 5.56 Å². The van der Waals surface area contributed by atoms with E-state index in [0.29, 0.717) is 27.9 Å². The number of nitrogens with zero attached hydrogens (tertiary/aromatic N) is 5. The third kappa shape index (κ3) is 2.84. The van der Waals surface area contributed by atoms with Crippen molar-refractivity contribution in [2.75, 3.05) is 30.9 Å². The van der Waals surface area contributed by atoms with Gasteiger partial charge in [-0.1, -0.05) is 0 Å². The molecule has 4 rings (SSSR count). The molecule has 9 heteroatoms. The lowest BCUT2D eigenvalue weighted by atomic mass is 10.1. The van der Waals surface area contributed by atoms with Crippen LogP contribution in [-0.4, -0.2) is 39.8 Å². The fraction of sp³-hybridized carbons (Fsp3) is 0.333. The summed E-state index contributed by atoms with van der Waals surface area (Å²) in [4.78, 5) is 25.7. The molecular formula is C18H19FN6O2. The fourth-order valence-corrected chi connectivity index (χ4v) is 3.43. The van der Waals surface area contributed by atoms with Gasteiger partial charge in [0.15, 0.2) is 11.5 Å². The van der Waals surface area contributed by atoms with Crippen LogP contribution in [0.5, 0.6) is 5.88 Å². The quantitative estimate of drug-likeness (QED) is 0.748. The number of fused-ring (bicyclic) bond motifs is 1. The first-order chi connectivity index (χ1) is 13.0. The van der Waals surface area contributed by atoms with Crippen LogP contribution < -0.4 is 21.0 Å². The van der Waals surface area contributed by atoms with Crippen molar-refractivity contribution < 1.29 is 9.13 Å². The Kier molecular flexibility index (Phi) is 4.14. The Morgan fingerprint density at radius 2 is 1.96 bits per heavy atom. The normalized spacial score (nSPS) is 14.1. The number of halogens is 1. The molecule has 0 radical (unpaired) electrons. The average Bonchev–Trinajstić information content (AvgIpc) is 3.15. The Bertz CT molecular complexity index is 1090. The molecule has 3 aromatic rings. The highest BCUT2D eigenvalue weighted by atomic mass is 19.1. The minimum absolute atomic E-state index is 0.109. The third-order valence-electron chi connectivity index (χ3n) is 4.72. The van der Waals surface area contributed by atoms with E-state index in [4.69, 9.17) is 10.5 Å². The summed E-state index contributed by atoms with van der Waals surface area (Å²) in [5, 5.41) is 2.62. The Labute approximate surface area is 154 Å². The van der Waals surface area contributed by atoms with Gasteiger partial charge in [-0.15, -0.1) is 0 Å². The second kappa shape index (κ2) is 6.49. The van der Waals surface area contributed by atoms with Gasteiger partial charge >= 0.3 is 0 Å². The minimum Gasteiger partial charge on any atom is -0.479 e. The summed E-state index contributed by atoms with van der Waals surface area (Å²) >= 11 is 0. The summed E-state index contributed by atoms with van der Waals surface area (Å²) in [5.41, 5.74) is 7.30. The van der Waals surface area contributed by atoms with Gasteiger partial charge in [-0.25, -0.2) is 19.0 Å². The fourth-order valence-electron chi connectivity index (χ4n) is 3.43. The van der Waals surface area contributed by atoms with Gasteiger partial charge in [0.2, 0.25) is 11.8 Å². The highest BCUT2D eigenvalue weighted by Crippen LogP contribution is 2.25. The molecule has 1 aliphatic heterocycles. The molecular weight excluding hydrogens is 351 g/mol. The van der Waals surface area contributed by atoms with Gasteiger partial charge in [-0.05, 0) is 31.9 Å². The molecule has 4 heterocycles. The van der Waals surface area contributed by atoms with E-state index in [1.54, 1.807) is 13.0 Å². The number of rotatable bonds is 3. The van der Waals surface area contributed by atoms with Crippen molar-refractivity contribution in [1.82, 2.24) is 19.6 Å². The smallest absolute Gasteiger partial charge is 0.278 e. The summed E-state index contributed by atoms with van der Waals surface area (Å²) in [6.07, 6.45) is 3.39. The number of aromatic nitrogens is 4. The van der Waals surface area contributed by atoms with Crippen LogP contribution in [0.15, 0.2) is 23.1 Å². The number of ether oxygens (including phenoxy) is 1. The number of aryl methyl sites for hydroxylation is 1. The zero-order chi connectivity index (χ0) is 19.1. The van der Waals surface area contributed by atoms with Crippen LogP contribution in [-0.2, 0) is 0 Å². The van der Waals surface area contributed by atoms with E-state index in [1.807, 2.05) is 5.01 Å². The molecule has 140 valence electrons. The number of hydrogen-bond donors (Lipinski definition) is 1. The standard InChI is InChI=1S/C18H19FN6O2/c1-10-12-8-13(11-7-14(19)16(27-2)21-9-11)17(26)25(24-5-3-4-6-24)15(12)23-18(20)22-10/h7-9H,3-6H2,1-2H3,(H2,20,22,23). The zero-order valence-corrected chi connectivity index (χ0v) is 15.1. The molecule has 0 bridgehead atoms. The number of anilines is 1. The minimum atomic E-state index is -0.632. The molecule has 0 aliphatic carbocycles. The van der Waals surface area contributed by atoms with Gasteiger partial charge in [-0.2, -0.15) is 4.98 Å². The molecule has 3 aromatic heterocycles. The van der Waals surface area contributed by atoms with E-state index in [0.717, 1.165) is 25.9 Å². The molecule has 0 saturated carbocycles. The summed E-state index contributed by atoms with van der Waals surface area (Å²) in [5.74, 6) is -0.642. The first kappa shape index (κ1) is 17.2. The van der Waals surface area contributed by atoms with E-state index in [9.17, 15) is 9.18 Å². The number of hydrogen-bond acceptors (Lipinski definition) is 7. The molecule has 0 unspecified atom stereocenters. The number of nitrogen functional groups attached to an aromatic ring is 1. The SMILES string of the molecule is COc1ncc(-c2cc3c(C)nc(N)nc3n(N3CCCC3)c2=O)cc1F. The van der Waals surface area contributed by atoms with Crippen LogP contribution in [0.2, 0.25) is 0 Å². The zero-order valence-electron chi connectivity index (χ0n) is 15.1. The van der Waals surface area contributed by atoms with Gasteiger partial charge < -0.3 is 15.5 Å². The Balaban J connectivity index is 2.03. The lowest BCUT2D eigenvalue weighted by molar-refractivity contribution is 0.369. The van der Waals surface area contributed by atoms with Crippen molar-refractivity contribution in [3.05, 3.63) is 40.2 Å². The lowest BCUT2D eigenvalue weighted by Crippen LogP contribution is -2.41. The van der Waals surface area contributed by atoms with Crippen molar-refractivity contribution >= 4 is 17.0 Å². The Morgan fingerprint density at radius 3 is 2.63 bits per heavy atom. The van der Waals surface area contributed by atoms with E-state index in [2.05, 4.69) is 15.0 Å². The highest BCUT2D eigenvalue weighted by molar-refractivity contribution is 5.84. The lowest BCUT2D eigenvalue weighted by Gasteiger charge is -2.23. The first-order valence-corrected chi connectivity index (χ1v) is 8.64. The largest absolute Gasteiger partial charge is 0.479 e. The second-order valence-electron chi connectivity index (χ2n) is 6.46. The van der Waals surface area contributed by atoms with Crippen molar-refractivity contribution in [2.45, 2.75) is 19.8 Å². The number of methoxy groups -OCH3 is 1. The molecule has 0 amide bonds. The molecule has 0 atom stereocenters. The Morgan fingerprint density at radius 1 is 1.22 bits per heavy atom. The van der Waals surface area contributed by atoms with E-state index in [-0.39, 0.29) is 17.4 Å². The van der Waals surface area contributed by atoms with Gasteiger partial charge in [0, 0.05) is 30.2 Å². The predicted molar refractivity (Wildman–Crippen MR) is 99.9 cm³/mol. The predicted octanol–water partition coefficient (Wildman–Crippen LogP) is 1.62. The van der Waals surface area contributed by atoms with Crippen molar-refractivity contribution in [1.29, 1.82) is 0 Å². The molecule has 1 fully saturated rings. The van der Waals surface area contributed by atoms with Gasteiger partial charge in [0.1, 0.15) is 0 Å². The molecule has 0 aromatic carbocycles. The molecule has 0 spiro atoms. The molecule has 1 saturated heterocycles. The maximum absolute atomic E-state index is 14.2. The van der Waals surface area contributed by atoms with E-state index in [1.165, 1.54) is 24.0 Å². The molecule has 27 heavy (non-hydrogen) atoms. The van der Waals surface area contributed by atoms with E-state index < -0.39 is 5.82 Å². The maximum Gasteiger partial charge on any atom is 0.278 e. The summed E-state index contributed by atoms with van der Waals surface area (Å²) in [7, 11) is 1.34.